The molecule has 1 aliphatic rings. The zero-order chi connectivity index (χ0) is 23.3. The number of rotatable bonds is 8. The van der Waals surface area contributed by atoms with E-state index in [9.17, 15) is 5.11 Å². The number of aliphatic hydroxyl groups excluding tert-OH is 1. The van der Waals surface area contributed by atoms with Crippen molar-refractivity contribution < 1.29 is 14.6 Å². The van der Waals surface area contributed by atoms with Crippen LogP contribution in [0.5, 0.6) is 5.75 Å². The number of ether oxygens (including phenoxy) is 2. The summed E-state index contributed by atoms with van der Waals surface area (Å²) < 4.78 is 13.3. The number of hydrogen-bond acceptors (Lipinski definition) is 7. The highest BCUT2D eigenvalue weighted by Crippen LogP contribution is 2.28. The molecule has 2 aromatic carbocycles. The quantitative estimate of drug-likeness (QED) is 0.413. The number of nitrogens with zero attached hydrogens (tertiary/aromatic N) is 4. The van der Waals surface area contributed by atoms with Gasteiger partial charge in [0.2, 0.25) is 0 Å². The molecule has 8 nitrogen and oxygen atoms in total. The molecular weight excluding hydrogens is 430 g/mol. The topological polar surface area (TPSA) is 84.7 Å². The minimum Gasteiger partial charge on any atom is -0.492 e. The van der Waals surface area contributed by atoms with Gasteiger partial charge < -0.3 is 19.9 Å². The van der Waals surface area contributed by atoms with Gasteiger partial charge >= 0.3 is 0 Å². The summed E-state index contributed by atoms with van der Waals surface area (Å²) in [6.07, 6.45) is 1.11. The molecule has 8 heteroatoms. The molecule has 0 spiro atoms. The predicted octanol–water partition coefficient (Wildman–Crippen LogP) is 3.93. The standard InChI is InChI=1S/C26H29N5O3/c1-19(32)22-8-10-25(29-26(22)28-20-5-3-2-4-6-20)31-18-27-23-17-21(7-9-24(23)31)34-16-13-30-11-14-33-15-12-30/h2-10,17-19,32H,11-16H2,1H3,(H,28,29). The normalized spacial score (nSPS) is 15.4. The molecule has 2 N–H and O–H groups in total. The van der Waals surface area contributed by atoms with E-state index in [2.05, 4.69) is 15.2 Å². The lowest BCUT2D eigenvalue weighted by molar-refractivity contribution is 0.0322. The van der Waals surface area contributed by atoms with Gasteiger partial charge in [-0.05, 0) is 43.3 Å². The second-order valence-electron chi connectivity index (χ2n) is 8.34. The second-order valence-corrected chi connectivity index (χ2v) is 8.34. The van der Waals surface area contributed by atoms with Gasteiger partial charge in [0.05, 0.1) is 30.4 Å². The molecule has 1 fully saturated rings. The fourth-order valence-electron chi connectivity index (χ4n) is 4.07. The number of aliphatic hydroxyl groups is 1. The Hall–Kier alpha value is -3.46. The Balaban J connectivity index is 1.35. The van der Waals surface area contributed by atoms with Gasteiger partial charge in [-0.15, -0.1) is 0 Å². The van der Waals surface area contributed by atoms with Crippen molar-refractivity contribution in [2.24, 2.45) is 0 Å². The molecule has 5 rings (SSSR count). The first-order valence-corrected chi connectivity index (χ1v) is 11.6. The van der Waals surface area contributed by atoms with E-state index in [-0.39, 0.29) is 0 Å². The van der Waals surface area contributed by atoms with Crippen molar-refractivity contribution in [1.82, 2.24) is 19.4 Å². The number of pyridine rings is 1. The average Bonchev–Trinajstić information content (AvgIpc) is 3.28. The van der Waals surface area contributed by atoms with Crippen LogP contribution in [0, 0.1) is 0 Å². The van der Waals surface area contributed by atoms with Crippen LogP contribution >= 0.6 is 0 Å². The highest BCUT2D eigenvalue weighted by Gasteiger charge is 2.14. The number of para-hydroxylation sites is 1. The summed E-state index contributed by atoms with van der Waals surface area (Å²) in [5.41, 5.74) is 3.41. The lowest BCUT2D eigenvalue weighted by Gasteiger charge is -2.26. The molecule has 0 saturated carbocycles. The zero-order valence-electron chi connectivity index (χ0n) is 19.2. The van der Waals surface area contributed by atoms with E-state index >= 15 is 0 Å². The van der Waals surface area contributed by atoms with Crippen LogP contribution in [0.2, 0.25) is 0 Å². The third-order valence-electron chi connectivity index (χ3n) is 5.94. The molecule has 1 unspecified atom stereocenters. The van der Waals surface area contributed by atoms with Crippen LogP contribution < -0.4 is 10.1 Å². The molecule has 3 heterocycles. The largest absolute Gasteiger partial charge is 0.492 e. The Labute approximate surface area is 198 Å². The third kappa shape index (κ3) is 5.04. The fourth-order valence-corrected chi connectivity index (χ4v) is 4.07. The summed E-state index contributed by atoms with van der Waals surface area (Å²) in [5.74, 6) is 2.13. The van der Waals surface area contributed by atoms with Crippen LogP contribution in [0.3, 0.4) is 0 Å². The molecular formula is C26H29N5O3. The van der Waals surface area contributed by atoms with Crippen molar-refractivity contribution in [3.05, 3.63) is 72.6 Å². The van der Waals surface area contributed by atoms with Gasteiger partial charge in [-0.3, -0.25) is 9.47 Å². The molecule has 0 radical (unpaired) electrons. The predicted molar refractivity (Wildman–Crippen MR) is 132 cm³/mol. The van der Waals surface area contributed by atoms with Gasteiger partial charge in [-0.1, -0.05) is 18.2 Å². The van der Waals surface area contributed by atoms with E-state index in [1.54, 1.807) is 13.3 Å². The number of anilines is 2. The molecule has 0 aliphatic carbocycles. The summed E-state index contributed by atoms with van der Waals surface area (Å²) in [7, 11) is 0. The smallest absolute Gasteiger partial charge is 0.140 e. The fraction of sp³-hybridized carbons (Fsp3) is 0.308. The van der Waals surface area contributed by atoms with E-state index in [0.717, 1.165) is 60.9 Å². The molecule has 1 aliphatic heterocycles. The van der Waals surface area contributed by atoms with Crippen molar-refractivity contribution >= 4 is 22.5 Å². The van der Waals surface area contributed by atoms with Crippen LogP contribution in [-0.4, -0.2) is 64.0 Å². The van der Waals surface area contributed by atoms with Crippen LogP contribution in [0.15, 0.2) is 67.0 Å². The van der Waals surface area contributed by atoms with Gasteiger partial charge in [0, 0.05) is 37.0 Å². The monoisotopic (exact) mass is 459 g/mol. The molecule has 176 valence electrons. The SMILES string of the molecule is CC(O)c1ccc(-n2cnc3cc(OCCN4CCOCC4)ccc32)nc1Nc1ccccc1. The molecule has 34 heavy (non-hydrogen) atoms. The summed E-state index contributed by atoms with van der Waals surface area (Å²) in [4.78, 5) is 11.7. The third-order valence-corrected chi connectivity index (χ3v) is 5.94. The Kier molecular flexibility index (Phi) is 6.71. The van der Waals surface area contributed by atoms with Gasteiger partial charge in [-0.2, -0.15) is 0 Å². The first kappa shape index (κ1) is 22.3. The maximum Gasteiger partial charge on any atom is 0.140 e. The molecule has 1 atom stereocenters. The van der Waals surface area contributed by atoms with Gasteiger partial charge in [-0.25, -0.2) is 9.97 Å². The van der Waals surface area contributed by atoms with Crippen molar-refractivity contribution in [3.8, 4) is 11.6 Å². The van der Waals surface area contributed by atoms with Crippen molar-refractivity contribution in [2.45, 2.75) is 13.0 Å². The van der Waals surface area contributed by atoms with E-state index < -0.39 is 6.10 Å². The van der Waals surface area contributed by atoms with Crippen molar-refractivity contribution in [2.75, 3.05) is 44.8 Å². The molecule has 1 saturated heterocycles. The maximum absolute atomic E-state index is 10.2. The lowest BCUT2D eigenvalue weighted by Crippen LogP contribution is -2.38. The maximum atomic E-state index is 10.2. The van der Waals surface area contributed by atoms with Gasteiger partial charge in [0.25, 0.3) is 0 Å². The first-order valence-electron chi connectivity index (χ1n) is 11.6. The summed E-state index contributed by atoms with van der Waals surface area (Å²) in [6.45, 7) is 6.73. The van der Waals surface area contributed by atoms with Gasteiger partial charge in [0.15, 0.2) is 0 Å². The number of imidazole rings is 1. The Morgan fingerprint density at radius 2 is 1.91 bits per heavy atom. The van der Waals surface area contributed by atoms with Gasteiger partial charge in [0.1, 0.15) is 30.3 Å². The molecule has 0 amide bonds. The highest BCUT2D eigenvalue weighted by molar-refractivity contribution is 5.79. The summed E-state index contributed by atoms with van der Waals surface area (Å²) in [6, 6.07) is 19.5. The Bertz CT molecular complexity index is 1240. The Morgan fingerprint density at radius 1 is 1.09 bits per heavy atom. The van der Waals surface area contributed by atoms with Crippen molar-refractivity contribution in [3.63, 3.8) is 0 Å². The van der Waals surface area contributed by atoms with Crippen molar-refractivity contribution in [1.29, 1.82) is 0 Å². The van der Waals surface area contributed by atoms with E-state index in [0.29, 0.717) is 18.2 Å². The van der Waals surface area contributed by atoms with E-state index in [1.807, 2.05) is 65.2 Å². The molecule has 2 aromatic heterocycles. The second kappa shape index (κ2) is 10.2. The lowest BCUT2D eigenvalue weighted by atomic mass is 10.1. The minimum atomic E-state index is -0.649. The van der Waals surface area contributed by atoms with Crippen LogP contribution in [0.1, 0.15) is 18.6 Å². The summed E-state index contributed by atoms with van der Waals surface area (Å²) >= 11 is 0. The molecule has 0 bridgehead atoms. The minimum absolute atomic E-state index is 0.614. The average molecular weight is 460 g/mol. The van der Waals surface area contributed by atoms with Crippen LogP contribution in [0.25, 0.3) is 16.9 Å². The Morgan fingerprint density at radius 3 is 2.71 bits per heavy atom. The molecule has 4 aromatic rings. The summed E-state index contributed by atoms with van der Waals surface area (Å²) in [5, 5.41) is 13.6. The zero-order valence-corrected chi connectivity index (χ0v) is 19.2. The highest BCUT2D eigenvalue weighted by atomic mass is 16.5. The number of aromatic nitrogens is 3. The van der Waals surface area contributed by atoms with E-state index in [4.69, 9.17) is 14.5 Å². The first-order chi connectivity index (χ1) is 16.7. The van der Waals surface area contributed by atoms with E-state index in [1.165, 1.54) is 0 Å². The number of hydrogen-bond donors (Lipinski definition) is 2. The van der Waals surface area contributed by atoms with Crippen LogP contribution in [-0.2, 0) is 4.74 Å². The number of nitrogens with one attached hydrogen (secondary N) is 1. The van der Waals surface area contributed by atoms with Crippen LogP contribution in [0.4, 0.5) is 11.5 Å². The number of morpholine rings is 1. The number of benzene rings is 2. The number of fused-ring (bicyclic) bond motifs is 1.